The second-order valence-corrected chi connectivity index (χ2v) is 8.32. The number of nitrogens with one attached hydrogen (secondary N) is 2. The third-order valence-corrected chi connectivity index (χ3v) is 5.90. The molecule has 1 heterocycles. The van der Waals surface area contributed by atoms with E-state index in [4.69, 9.17) is 4.74 Å². The highest BCUT2D eigenvalue weighted by molar-refractivity contribution is 6.03. The van der Waals surface area contributed by atoms with Gasteiger partial charge in [-0.2, -0.15) is 0 Å². The van der Waals surface area contributed by atoms with Crippen LogP contribution < -0.4 is 15.5 Å². The minimum absolute atomic E-state index is 0.146. The minimum atomic E-state index is -0.811. The fourth-order valence-electron chi connectivity index (χ4n) is 4.02. The first kappa shape index (κ1) is 23.3. The minimum Gasteiger partial charge on any atom is -0.508 e. The number of carbonyl (C=O) groups is 2. The van der Waals surface area contributed by atoms with Gasteiger partial charge in [0.15, 0.2) is 0 Å². The van der Waals surface area contributed by atoms with Crippen LogP contribution in [0.3, 0.4) is 0 Å². The third-order valence-electron chi connectivity index (χ3n) is 5.90. The predicted molar refractivity (Wildman–Crippen MR) is 132 cm³/mol. The van der Waals surface area contributed by atoms with Crippen molar-refractivity contribution in [2.75, 3.05) is 36.5 Å². The smallest absolute Gasteiger partial charge is 0.252 e. The van der Waals surface area contributed by atoms with Gasteiger partial charge in [-0.05, 0) is 48.4 Å². The summed E-state index contributed by atoms with van der Waals surface area (Å²) in [5.74, 6) is -0.470. The number of hydrogen-bond donors (Lipinski definition) is 3. The number of nitrogens with zero attached hydrogens (tertiary/aromatic N) is 1. The molecule has 1 unspecified atom stereocenters. The highest BCUT2D eigenvalue weighted by Crippen LogP contribution is 2.26. The van der Waals surface area contributed by atoms with Crippen LogP contribution in [0.2, 0.25) is 0 Å². The van der Waals surface area contributed by atoms with Crippen molar-refractivity contribution in [2.24, 2.45) is 0 Å². The normalized spacial score (nSPS) is 14.3. The third kappa shape index (κ3) is 5.74. The van der Waals surface area contributed by atoms with Crippen molar-refractivity contribution < 1.29 is 19.4 Å². The number of carbonyl (C=O) groups excluding carboxylic acids is 2. The first-order chi connectivity index (χ1) is 16.5. The molecule has 1 aliphatic rings. The summed E-state index contributed by atoms with van der Waals surface area (Å²) in [6, 6.07) is 20.8. The lowest BCUT2D eigenvalue weighted by Gasteiger charge is -2.31. The van der Waals surface area contributed by atoms with Crippen LogP contribution in [0.4, 0.5) is 11.4 Å². The molecule has 1 aliphatic heterocycles. The van der Waals surface area contributed by atoms with Crippen molar-refractivity contribution in [3.8, 4) is 5.75 Å². The van der Waals surface area contributed by atoms with Crippen LogP contribution in [0, 0.1) is 6.92 Å². The van der Waals surface area contributed by atoms with E-state index in [1.54, 1.807) is 36.4 Å². The van der Waals surface area contributed by atoms with E-state index in [0.29, 0.717) is 24.5 Å². The van der Waals surface area contributed by atoms with Gasteiger partial charge in [0, 0.05) is 25.1 Å². The molecule has 3 aromatic carbocycles. The van der Waals surface area contributed by atoms with Crippen molar-refractivity contribution in [2.45, 2.75) is 19.4 Å². The summed E-state index contributed by atoms with van der Waals surface area (Å²) in [7, 11) is 0. The number of hydrogen-bond acceptors (Lipinski definition) is 5. The van der Waals surface area contributed by atoms with Gasteiger partial charge in [0.2, 0.25) is 5.91 Å². The highest BCUT2D eigenvalue weighted by Gasteiger charge is 2.24. The molecule has 0 radical (unpaired) electrons. The number of benzene rings is 3. The van der Waals surface area contributed by atoms with Gasteiger partial charge in [0.1, 0.15) is 11.8 Å². The predicted octanol–water partition coefficient (Wildman–Crippen LogP) is 3.52. The molecule has 0 aromatic heterocycles. The molecule has 0 aliphatic carbocycles. The maximum atomic E-state index is 13.5. The lowest BCUT2D eigenvalue weighted by molar-refractivity contribution is -0.118. The number of morpholine rings is 1. The molecule has 3 aromatic rings. The van der Waals surface area contributed by atoms with Crippen LogP contribution in [-0.2, 0) is 16.0 Å². The van der Waals surface area contributed by atoms with Gasteiger partial charge in [-0.25, -0.2) is 0 Å². The number of aromatic hydroxyl groups is 1. The Labute approximate surface area is 199 Å². The van der Waals surface area contributed by atoms with Crippen LogP contribution in [0.1, 0.15) is 21.5 Å². The number of amides is 2. The number of phenolic OH excluding ortho intramolecular Hbond substituents is 1. The lowest BCUT2D eigenvalue weighted by atomic mass is 10.0. The molecular weight excluding hydrogens is 430 g/mol. The van der Waals surface area contributed by atoms with Gasteiger partial charge in [-0.1, -0.05) is 42.5 Å². The number of anilines is 2. The topological polar surface area (TPSA) is 90.9 Å². The maximum Gasteiger partial charge on any atom is 0.252 e. The molecule has 0 saturated carbocycles. The largest absolute Gasteiger partial charge is 0.508 e. The van der Waals surface area contributed by atoms with Gasteiger partial charge in [0.25, 0.3) is 5.91 Å². The summed E-state index contributed by atoms with van der Waals surface area (Å²) >= 11 is 0. The maximum absolute atomic E-state index is 13.5. The Bertz CT molecular complexity index is 1140. The van der Waals surface area contributed by atoms with Crippen LogP contribution >= 0.6 is 0 Å². The van der Waals surface area contributed by atoms with E-state index in [9.17, 15) is 14.7 Å². The molecule has 0 bridgehead atoms. The average Bonchev–Trinajstić information content (AvgIpc) is 2.86. The lowest BCUT2D eigenvalue weighted by Crippen LogP contribution is -2.45. The van der Waals surface area contributed by atoms with E-state index >= 15 is 0 Å². The number of aryl methyl sites for hydroxylation is 1. The molecule has 1 saturated heterocycles. The quantitative estimate of drug-likeness (QED) is 0.503. The summed E-state index contributed by atoms with van der Waals surface area (Å²) in [6.45, 7) is 4.63. The summed E-state index contributed by atoms with van der Waals surface area (Å²) in [4.78, 5) is 28.7. The van der Waals surface area contributed by atoms with Crippen molar-refractivity contribution in [1.29, 1.82) is 0 Å². The van der Waals surface area contributed by atoms with Crippen molar-refractivity contribution in [3.05, 3.63) is 89.5 Å². The highest BCUT2D eigenvalue weighted by atomic mass is 16.5. The molecule has 3 N–H and O–H groups in total. The fraction of sp³-hybridized carbons (Fsp3) is 0.259. The Balaban J connectivity index is 1.57. The molecule has 34 heavy (non-hydrogen) atoms. The first-order valence-corrected chi connectivity index (χ1v) is 11.4. The Kier molecular flexibility index (Phi) is 7.44. The SMILES string of the molecule is Cc1ccccc1C(=O)NC(Cc1ccc(O)cc1)C(=O)Nc1ccccc1N1CCOCC1. The Morgan fingerprint density at radius 1 is 0.971 bits per heavy atom. The van der Waals surface area contributed by atoms with Crippen LogP contribution in [-0.4, -0.2) is 49.3 Å². The molecule has 1 fully saturated rings. The van der Waals surface area contributed by atoms with Crippen LogP contribution in [0.5, 0.6) is 5.75 Å². The van der Waals surface area contributed by atoms with E-state index in [1.165, 1.54) is 0 Å². The zero-order valence-corrected chi connectivity index (χ0v) is 19.2. The first-order valence-electron chi connectivity index (χ1n) is 11.4. The Morgan fingerprint density at radius 2 is 1.65 bits per heavy atom. The van der Waals surface area contributed by atoms with Crippen LogP contribution in [0.25, 0.3) is 0 Å². The average molecular weight is 460 g/mol. The van der Waals surface area contributed by atoms with Crippen molar-refractivity contribution in [3.63, 3.8) is 0 Å². The Morgan fingerprint density at radius 3 is 2.38 bits per heavy atom. The van der Waals surface area contributed by atoms with E-state index < -0.39 is 6.04 Å². The number of para-hydroxylation sites is 2. The van der Waals surface area contributed by atoms with E-state index in [1.807, 2.05) is 43.3 Å². The molecule has 0 spiro atoms. The molecule has 1 atom stereocenters. The van der Waals surface area contributed by atoms with E-state index in [2.05, 4.69) is 15.5 Å². The zero-order chi connectivity index (χ0) is 23.9. The molecule has 176 valence electrons. The zero-order valence-electron chi connectivity index (χ0n) is 19.2. The summed E-state index contributed by atoms with van der Waals surface area (Å²) in [5.41, 5.74) is 3.80. The number of rotatable bonds is 7. The van der Waals surface area contributed by atoms with Crippen molar-refractivity contribution >= 4 is 23.2 Å². The van der Waals surface area contributed by atoms with Gasteiger partial charge in [0.05, 0.1) is 24.6 Å². The monoisotopic (exact) mass is 459 g/mol. The fourth-order valence-corrected chi connectivity index (χ4v) is 4.02. The van der Waals surface area contributed by atoms with Gasteiger partial charge >= 0.3 is 0 Å². The summed E-state index contributed by atoms with van der Waals surface area (Å²) < 4.78 is 5.46. The molecule has 7 nitrogen and oxygen atoms in total. The Hall–Kier alpha value is -3.84. The standard InChI is InChI=1S/C27H29N3O4/c1-19-6-2-3-7-22(19)26(32)29-24(18-20-10-12-21(31)13-11-20)27(33)28-23-8-4-5-9-25(23)30-14-16-34-17-15-30/h2-13,24,31H,14-18H2,1H3,(H,28,33)(H,29,32). The van der Waals surface area contributed by atoms with E-state index in [-0.39, 0.29) is 24.0 Å². The summed E-state index contributed by atoms with van der Waals surface area (Å²) in [6.07, 6.45) is 0.281. The van der Waals surface area contributed by atoms with Gasteiger partial charge in [-0.15, -0.1) is 0 Å². The summed E-state index contributed by atoms with van der Waals surface area (Å²) in [5, 5.41) is 15.5. The van der Waals surface area contributed by atoms with E-state index in [0.717, 1.165) is 29.9 Å². The molecule has 2 amide bonds. The molecule has 7 heteroatoms. The molecular formula is C27H29N3O4. The van der Waals surface area contributed by atoms with Gasteiger partial charge < -0.3 is 25.4 Å². The van der Waals surface area contributed by atoms with Gasteiger partial charge in [-0.3, -0.25) is 9.59 Å². The van der Waals surface area contributed by atoms with Crippen molar-refractivity contribution in [1.82, 2.24) is 5.32 Å². The molecule has 4 rings (SSSR count). The second kappa shape index (κ2) is 10.9. The number of ether oxygens (including phenoxy) is 1. The van der Waals surface area contributed by atoms with Crippen LogP contribution in [0.15, 0.2) is 72.8 Å². The number of phenols is 1. The second-order valence-electron chi connectivity index (χ2n) is 8.32.